The maximum Gasteiger partial charge on any atom is 0.254 e. The first kappa shape index (κ1) is 14.8. The lowest BCUT2D eigenvalue weighted by Crippen LogP contribution is -2.23. The quantitative estimate of drug-likeness (QED) is 0.844. The molecule has 2 aromatic rings. The Labute approximate surface area is 126 Å². The van der Waals surface area contributed by atoms with E-state index in [-0.39, 0.29) is 10.6 Å². The van der Waals surface area contributed by atoms with Crippen LogP contribution in [0.4, 0.5) is 4.39 Å². The van der Waals surface area contributed by atoms with Gasteiger partial charge < -0.3 is 5.32 Å². The summed E-state index contributed by atoms with van der Waals surface area (Å²) in [6.07, 6.45) is 0. The van der Waals surface area contributed by atoms with E-state index in [1.54, 1.807) is 0 Å². The van der Waals surface area contributed by atoms with Gasteiger partial charge in [0.25, 0.3) is 5.91 Å². The third-order valence-electron chi connectivity index (χ3n) is 2.83. The van der Waals surface area contributed by atoms with Crippen molar-refractivity contribution in [1.82, 2.24) is 5.32 Å². The predicted molar refractivity (Wildman–Crippen MR) is 78.6 cm³/mol. The molecule has 104 valence electrons. The summed E-state index contributed by atoms with van der Waals surface area (Å²) in [7, 11) is 0. The molecular weight excluding hydrogens is 300 g/mol. The van der Waals surface area contributed by atoms with Gasteiger partial charge >= 0.3 is 0 Å². The molecule has 0 spiro atoms. The van der Waals surface area contributed by atoms with Gasteiger partial charge in [-0.15, -0.1) is 11.6 Å². The number of benzene rings is 2. The van der Waals surface area contributed by atoms with Crippen molar-refractivity contribution in [3.05, 3.63) is 70.0 Å². The lowest BCUT2D eigenvalue weighted by molar-refractivity contribution is 0.0947. The molecule has 0 saturated heterocycles. The van der Waals surface area contributed by atoms with E-state index in [0.29, 0.717) is 12.4 Å². The molecule has 0 fully saturated rings. The predicted octanol–water partition coefficient (Wildman–Crippen LogP) is 4.15. The zero-order valence-electron chi connectivity index (χ0n) is 10.5. The van der Waals surface area contributed by atoms with E-state index in [4.69, 9.17) is 23.2 Å². The summed E-state index contributed by atoms with van der Waals surface area (Å²) in [6.45, 7) is 0.313. The second-order valence-electron chi connectivity index (χ2n) is 4.23. The van der Waals surface area contributed by atoms with E-state index < -0.39 is 11.7 Å². The fraction of sp³-hybridized carbons (Fsp3) is 0.133. The third kappa shape index (κ3) is 3.50. The first-order chi connectivity index (χ1) is 9.61. The molecule has 2 nitrogen and oxygen atoms in total. The normalized spacial score (nSPS) is 10.3. The van der Waals surface area contributed by atoms with Crippen molar-refractivity contribution in [2.45, 2.75) is 12.4 Å². The first-order valence-corrected chi connectivity index (χ1v) is 6.89. The summed E-state index contributed by atoms with van der Waals surface area (Å²) in [5.74, 6) is -0.754. The van der Waals surface area contributed by atoms with Gasteiger partial charge in [0.15, 0.2) is 5.82 Å². The van der Waals surface area contributed by atoms with Crippen LogP contribution in [0.2, 0.25) is 5.02 Å². The van der Waals surface area contributed by atoms with Crippen LogP contribution in [0, 0.1) is 5.82 Å². The molecule has 1 amide bonds. The fourth-order valence-corrected chi connectivity index (χ4v) is 2.06. The van der Waals surface area contributed by atoms with Crippen LogP contribution in [0.25, 0.3) is 0 Å². The highest BCUT2D eigenvalue weighted by atomic mass is 35.5. The van der Waals surface area contributed by atoms with Gasteiger partial charge in [0.1, 0.15) is 0 Å². The average Bonchev–Trinajstić information content (AvgIpc) is 2.48. The highest BCUT2D eigenvalue weighted by Gasteiger charge is 2.13. The average molecular weight is 312 g/mol. The number of hydrogen-bond acceptors (Lipinski definition) is 1. The zero-order valence-corrected chi connectivity index (χ0v) is 12.0. The fourth-order valence-electron chi connectivity index (χ4n) is 1.70. The molecule has 0 aliphatic carbocycles. The van der Waals surface area contributed by atoms with E-state index in [9.17, 15) is 9.18 Å². The van der Waals surface area contributed by atoms with Crippen molar-refractivity contribution in [3.63, 3.8) is 0 Å². The molecule has 2 rings (SSSR count). The Kier molecular flexibility index (Phi) is 4.99. The van der Waals surface area contributed by atoms with E-state index in [1.165, 1.54) is 18.2 Å². The number of halogens is 3. The number of carbonyl (C=O) groups excluding carboxylic acids is 1. The Morgan fingerprint density at radius 1 is 1.10 bits per heavy atom. The van der Waals surface area contributed by atoms with Gasteiger partial charge in [-0.25, -0.2) is 4.39 Å². The maximum absolute atomic E-state index is 13.7. The second-order valence-corrected chi connectivity index (χ2v) is 4.91. The molecular formula is C15H12Cl2FNO. The summed E-state index contributed by atoms with van der Waals surface area (Å²) < 4.78 is 13.7. The second kappa shape index (κ2) is 6.73. The molecule has 0 radical (unpaired) electrons. The number of amides is 1. The van der Waals surface area contributed by atoms with Crippen LogP contribution in [0.5, 0.6) is 0 Å². The van der Waals surface area contributed by atoms with Crippen molar-refractivity contribution < 1.29 is 9.18 Å². The Morgan fingerprint density at radius 2 is 1.75 bits per heavy atom. The number of alkyl halides is 1. The van der Waals surface area contributed by atoms with Gasteiger partial charge in [-0.2, -0.15) is 0 Å². The first-order valence-electron chi connectivity index (χ1n) is 5.98. The topological polar surface area (TPSA) is 29.1 Å². The lowest BCUT2D eigenvalue weighted by atomic mass is 10.1. The molecule has 20 heavy (non-hydrogen) atoms. The number of carbonyl (C=O) groups is 1. The smallest absolute Gasteiger partial charge is 0.254 e. The largest absolute Gasteiger partial charge is 0.348 e. The van der Waals surface area contributed by atoms with Crippen LogP contribution < -0.4 is 5.32 Å². The van der Waals surface area contributed by atoms with Gasteiger partial charge in [0, 0.05) is 12.4 Å². The van der Waals surface area contributed by atoms with E-state index in [2.05, 4.69) is 5.32 Å². The highest BCUT2D eigenvalue weighted by molar-refractivity contribution is 6.31. The van der Waals surface area contributed by atoms with Crippen molar-refractivity contribution in [3.8, 4) is 0 Å². The van der Waals surface area contributed by atoms with Crippen molar-refractivity contribution in [2.75, 3.05) is 0 Å². The van der Waals surface area contributed by atoms with Crippen molar-refractivity contribution in [1.29, 1.82) is 0 Å². The van der Waals surface area contributed by atoms with Gasteiger partial charge in [-0.3, -0.25) is 4.79 Å². The van der Waals surface area contributed by atoms with Crippen LogP contribution in [0.3, 0.4) is 0 Å². The summed E-state index contributed by atoms with van der Waals surface area (Å²) in [6, 6.07) is 11.8. The maximum atomic E-state index is 13.7. The Bertz CT molecular complexity index is 614. The summed E-state index contributed by atoms with van der Waals surface area (Å²) >= 11 is 11.3. The minimum absolute atomic E-state index is 0.0603. The molecule has 0 heterocycles. The Balaban J connectivity index is 2.02. The van der Waals surface area contributed by atoms with Crippen LogP contribution >= 0.6 is 23.2 Å². The van der Waals surface area contributed by atoms with E-state index in [0.717, 1.165) is 11.1 Å². The van der Waals surface area contributed by atoms with Gasteiger partial charge in [0.05, 0.1) is 10.6 Å². The number of hydrogen-bond donors (Lipinski definition) is 1. The van der Waals surface area contributed by atoms with Crippen LogP contribution in [0.15, 0.2) is 42.5 Å². The monoisotopic (exact) mass is 311 g/mol. The minimum atomic E-state index is -0.704. The molecule has 0 atom stereocenters. The van der Waals surface area contributed by atoms with Gasteiger partial charge in [0.2, 0.25) is 0 Å². The standard InChI is InChI=1S/C15H12Cl2FNO/c16-8-10-4-6-11(7-5-10)9-19-15(20)12-2-1-3-13(17)14(12)18/h1-7H,8-9H2,(H,19,20). The lowest BCUT2D eigenvalue weighted by Gasteiger charge is -2.07. The minimum Gasteiger partial charge on any atom is -0.348 e. The molecule has 1 N–H and O–H groups in total. The van der Waals surface area contributed by atoms with Gasteiger partial charge in [-0.1, -0.05) is 41.9 Å². The van der Waals surface area contributed by atoms with E-state index >= 15 is 0 Å². The molecule has 0 saturated carbocycles. The SMILES string of the molecule is O=C(NCc1ccc(CCl)cc1)c1cccc(Cl)c1F. The van der Waals surface area contributed by atoms with Gasteiger partial charge in [-0.05, 0) is 23.3 Å². The molecule has 0 unspecified atom stereocenters. The summed E-state index contributed by atoms with van der Waals surface area (Å²) in [4.78, 5) is 11.9. The molecule has 0 bridgehead atoms. The molecule has 0 aliphatic rings. The number of rotatable bonds is 4. The third-order valence-corrected chi connectivity index (χ3v) is 3.43. The van der Waals surface area contributed by atoms with Crippen molar-refractivity contribution >= 4 is 29.1 Å². The van der Waals surface area contributed by atoms with Crippen molar-refractivity contribution in [2.24, 2.45) is 0 Å². The highest BCUT2D eigenvalue weighted by Crippen LogP contribution is 2.17. The van der Waals surface area contributed by atoms with Crippen LogP contribution in [-0.2, 0) is 12.4 Å². The Morgan fingerprint density at radius 3 is 2.40 bits per heavy atom. The molecule has 0 aromatic heterocycles. The summed E-state index contributed by atoms with van der Waals surface area (Å²) in [5, 5.41) is 2.58. The number of nitrogens with one attached hydrogen (secondary N) is 1. The molecule has 0 aliphatic heterocycles. The Hall–Kier alpha value is -1.58. The van der Waals surface area contributed by atoms with Crippen LogP contribution in [0.1, 0.15) is 21.5 Å². The van der Waals surface area contributed by atoms with Crippen LogP contribution in [-0.4, -0.2) is 5.91 Å². The molecule has 2 aromatic carbocycles. The molecule has 5 heteroatoms. The zero-order chi connectivity index (χ0) is 14.5. The summed E-state index contributed by atoms with van der Waals surface area (Å²) in [5.41, 5.74) is 1.85. The van der Waals surface area contributed by atoms with E-state index in [1.807, 2.05) is 24.3 Å².